The Labute approximate surface area is 271 Å². The first-order chi connectivity index (χ1) is 22.2. The summed E-state index contributed by atoms with van der Waals surface area (Å²) in [4.78, 5) is 30.1. The lowest BCUT2D eigenvalue weighted by Gasteiger charge is -2.35. The predicted molar refractivity (Wildman–Crippen MR) is 178 cm³/mol. The van der Waals surface area contributed by atoms with Crippen LogP contribution in [0.5, 0.6) is 0 Å². The molecule has 0 bridgehead atoms. The molecular formula is C37H40FN3O4S. The normalized spacial score (nSPS) is 14.3. The van der Waals surface area contributed by atoms with Gasteiger partial charge in [-0.05, 0) is 67.3 Å². The number of sulfonamides is 1. The van der Waals surface area contributed by atoms with E-state index >= 15 is 0 Å². The average molecular weight is 642 g/mol. The van der Waals surface area contributed by atoms with Crippen LogP contribution >= 0.6 is 0 Å². The quantitative estimate of drug-likeness (QED) is 0.194. The molecule has 4 aromatic rings. The zero-order chi connectivity index (χ0) is 32.5. The molecule has 0 heterocycles. The summed E-state index contributed by atoms with van der Waals surface area (Å²) in [5, 5.41) is 3.21. The summed E-state index contributed by atoms with van der Waals surface area (Å²) in [6.07, 6.45) is 5.20. The number of benzene rings is 4. The highest BCUT2D eigenvalue weighted by Crippen LogP contribution is 2.26. The number of carbonyl (C=O) groups is 2. The Morgan fingerprint density at radius 3 is 2.00 bits per heavy atom. The van der Waals surface area contributed by atoms with E-state index in [2.05, 4.69) is 5.32 Å². The van der Waals surface area contributed by atoms with Gasteiger partial charge in [0.25, 0.3) is 10.0 Å². The molecule has 1 N–H and O–H groups in total. The third kappa shape index (κ3) is 8.40. The van der Waals surface area contributed by atoms with Gasteiger partial charge >= 0.3 is 0 Å². The Kier molecular flexibility index (Phi) is 10.9. The Hall–Kier alpha value is -4.50. The van der Waals surface area contributed by atoms with E-state index in [9.17, 15) is 22.4 Å². The summed E-state index contributed by atoms with van der Waals surface area (Å²) in [6.45, 7) is 1.36. The molecule has 0 aliphatic heterocycles. The van der Waals surface area contributed by atoms with Crippen LogP contribution in [0.1, 0.15) is 48.8 Å². The van der Waals surface area contributed by atoms with E-state index < -0.39 is 34.3 Å². The molecule has 1 aliphatic rings. The van der Waals surface area contributed by atoms with Crippen molar-refractivity contribution in [2.75, 3.05) is 10.8 Å². The van der Waals surface area contributed by atoms with Gasteiger partial charge in [-0.25, -0.2) is 12.8 Å². The number of rotatable bonds is 12. The molecule has 0 unspecified atom stereocenters. The van der Waals surface area contributed by atoms with Crippen LogP contribution in [0.2, 0.25) is 0 Å². The summed E-state index contributed by atoms with van der Waals surface area (Å²) < 4.78 is 43.1. The highest BCUT2D eigenvalue weighted by atomic mass is 32.2. The second-order valence-electron chi connectivity index (χ2n) is 11.9. The highest BCUT2D eigenvalue weighted by molar-refractivity contribution is 7.92. The molecule has 0 saturated heterocycles. The number of halogens is 1. The standard InChI is InChI=1S/C37H40FN3O4S/c1-28-17-23-34(24-18-28)46(44,45)41(33-21-19-31(38)20-22-33)27-36(42)40(26-30-13-7-3-8-14-30)35(25-29-11-5-2-6-12-29)37(43)39-32-15-9-4-10-16-32/h2-3,5-8,11-14,17-24,32,35H,4,9-10,15-16,25-27H2,1H3,(H,39,43)/t35-/m1/s1. The third-order valence-corrected chi connectivity index (χ3v) is 10.2. The summed E-state index contributed by atoms with van der Waals surface area (Å²) in [5.41, 5.74) is 2.69. The van der Waals surface area contributed by atoms with Crippen LogP contribution in [0.15, 0.2) is 114 Å². The van der Waals surface area contributed by atoms with Gasteiger partial charge in [0.1, 0.15) is 18.4 Å². The van der Waals surface area contributed by atoms with Crippen molar-refractivity contribution in [3.8, 4) is 0 Å². The van der Waals surface area contributed by atoms with Gasteiger partial charge in [-0.2, -0.15) is 0 Å². The van der Waals surface area contributed by atoms with Gasteiger partial charge in [0.05, 0.1) is 10.6 Å². The van der Waals surface area contributed by atoms with Crippen molar-refractivity contribution in [2.24, 2.45) is 0 Å². The minimum Gasteiger partial charge on any atom is -0.352 e. The van der Waals surface area contributed by atoms with Gasteiger partial charge < -0.3 is 10.2 Å². The minimum atomic E-state index is -4.25. The van der Waals surface area contributed by atoms with Gasteiger partial charge in [-0.1, -0.05) is 97.6 Å². The van der Waals surface area contributed by atoms with E-state index in [1.807, 2.05) is 67.6 Å². The molecule has 1 atom stereocenters. The van der Waals surface area contributed by atoms with E-state index in [1.165, 1.54) is 29.2 Å². The van der Waals surface area contributed by atoms with Gasteiger partial charge in [0.2, 0.25) is 11.8 Å². The van der Waals surface area contributed by atoms with E-state index in [0.29, 0.717) is 0 Å². The van der Waals surface area contributed by atoms with Crippen LogP contribution in [-0.4, -0.2) is 43.8 Å². The predicted octanol–water partition coefficient (Wildman–Crippen LogP) is 6.42. The Morgan fingerprint density at radius 2 is 1.39 bits per heavy atom. The van der Waals surface area contributed by atoms with Crippen LogP contribution in [-0.2, 0) is 32.6 Å². The lowest BCUT2D eigenvalue weighted by atomic mass is 9.94. The van der Waals surface area contributed by atoms with Crippen LogP contribution in [0, 0.1) is 12.7 Å². The number of carbonyl (C=O) groups excluding carboxylic acids is 2. The van der Waals surface area contributed by atoms with Gasteiger partial charge in [-0.15, -0.1) is 0 Å². The average Bonchev–Trinajstić information content (AvgIpc) is 3.07. The topological polar surface area (TPSA) is 86.8 Å². The summed E-state index contributed by atoms with van der Waals surface area (Å²) in [6, 6.07) is 29.3. The Balaban J connectivity index is 1.54. The van der Waals surface area contributed by atoms with E-state index in [-0.39, 0.29) is 35.5 Å². The van der Waals surface area contributed by atoms with Gasteiger partial charge in [-0.3, -0.25) is 13.9 Å². The maximum absolute atomic E-state index is 14.5. The van der Waals surface area contributed by atoms with Crippen molar-refractivity contribution < 1.29 is 22.4 Å². The number of aryl methyl sites for hydroxylation is 1. The van der Waals surface area contributed by atoms with Crippen molar-refractivity contribution in [3.05, 3.63) is 132 Å². The van der Waals surface area contributed by atoms with Crippen molar-refractivity contribution in [2.45, 2.75) is 69.0 Å². The molecule has 7 nitrogen and oxygen atoms in total. The number of hydrogen-bond acceptors (Lipinski definition) is 4. The molecule has 46 heavy (non-hydrogen) atoms. The molecule has 0 spiro atoms. The summed E-state index contributed by atoms with van der Waals surface area (Å²) in [5.74, 6) is -1.35. The Morgan fingerprint density at radius 1 is 0.804 bits per heavy atom. The van der Waals surface area contributed by atoms with Crippen molar-refractivity contribution in [1.29, 1.82) is 0 Å². The second-order valence-corrected chi connectivity index (χ2v) is 13.7. The number of hydrogen-bond donors (Lipinski definition) is 1. The number of nitrogens with one attached hydrogen (secondary N) is 1. The van der Waals surface area contributed by atoms with Crippen LogP contribution < -0.4 is 9.62 Å². The van der Waals surface area contributed by atoms with E-state index in [0.717, 1.165) is 65.2 Å². The van der Waals surface area contributed by atoms with Crippen molar-refractivity contribution in [1.82, 2.24) is 10.2 Å². The SMILES string of the molecule is Cc1ccc(S(=O)(=O)N(CC(=O)N(Cc2ccccc2)[C@H](Cc2ccccc2)C(=O)NC2CCCCC2)c2ccc(F)cc2)cc1. The lowest BCUT2D eigenvalue weighted by molar-refractivity contribution is -0.140. The molecule has 0 radical (unpaired) electrons. The molecule has 2 amide bonds. The summed E-state index contributed by atoms with van der Waals surface area (Å²) in [7, 11) is -4.25. The van der Waals surface area contributed by atoms with E-state index in [1.54, 1.807) is 12.1 Å². The number of nitrogens with zero attached hydrogens (tertiary/aromatic N) is 2. The molecule has 0 aromatic heterocycles. The molecular weight excluding hydrogens is 601 g/mol. The van der Waals surface area contributed by atoms with Crippen molar-refractivity contribution in [3.63, 3.8) is 0 Å². The van der Waals surface area contributed by atoms with Crippen molar-refractivity contribution >= 4 is 27.5 Å². The molecule has 240 valence electrons. The van der Waals surface area contributed by atoms with E-state index in [4.69, 9.17) is 0 Å². The number of anilines is 1. The van der Waals surface area contributed by atoms with Crippen LogP contribution in [0.25, 0.3) is 0 Å². The first-order valence-electron chi connectivity index (χ1n) is 15.7. The monoisotopic (exact) mass is 641 g/mol. The van der Waals surface area contributed by atoms with Gasteiger partial charge in [0.15, 0.2) is 0 Å². The maximum Gasteiger partial charge on any atom is 0.264 e. The van der Waals surface area contributed by atoms with Gasteiger partial charge in [0, 0.05) is 19.0 Å². The smallest absolute Gasteiger partial charge is 0.264 e. The zero-order valence-corrected chi connectivity index (χ0v) is 26.8. The van der Waals surface area contributed by atoms with Crippen LogP contribution in [0.3, 0.4) is 0 Å². The minimum absolute atomic E-state index is 0.000659. The fraction of sp³-hybridized carbons (Fsp3) is 0.297. The lowest BCUT2D eigenvalue weighted by Crippen LogP contribution is -2.55. The first kappa shape index (κ1) is 32.9. The molecule has 4 aromatic carbocycles. The molecule has 1 saturated carbocycles. The maximum atomic E-state index is 14.5. The largest absolute Gasteiger partial charge is 0.352 e. The number of amides is 2. The molecule has 5 rings (SSSR count). The second kappa shape index (κ2) is 15.2. The third-order valence-electron chi connectivity index (χ3n) is 8.42. The zero-order valence-electron chi connectivity index (χ0n) is 26.0. The molecule has 9 heteroatoms. The first-order valence-corrected chi connectivity index (χ1v) is 17.2. The fourth-order valence-corrected chi connectivity index (χ4v) is 7.27. The fourth-order valence-electron chi connectivity index (χ4n) is 5.85. The van der Waals surface area contributed by atoms with Crippen LogP contribution in [0.4, 0.5) is 10.1 Å². The molecule has 1 fully saturated rings. The highest BCUT2D eigenvalue weighted by Gasteiger charge is 2.35. The molecule has 1 aliphatic carbocycles. The summed E-state index contributed by atoms with van der Waals surface area (Å²) >= 11 is 0. The Bertz CT molecular complexity index is 1690.